The van der Waals surface area contributed by atoms with E-state index >= 15 is 0 Å². The van der Waals surface area contributed by atoms with E-state index in [9.17, 15) is 0 Å². The van der Waals surface area contributed by atoms with Crippen LogP contribution in [0.1, 0.15) is 23.0 Å². The maximum absolute atomic E-state index is 5.24. The number of rotatable bonds is 5. The molecular weight excluding hydrogens is 318 g/mol. The van der Waals surface area contributed by atoms with E-state index in [2.05, 4.69) is 43.3 Å². The third-order valence-electron chi connectivity index (χ3n) is 3.12. The van der Waals surface area contributed by atoms with E-state index in [1.165, 1.54) is 5.56 Å². The van der Waals surface area contributed by atoms with Crippen molar-refractivity contribution in [1.29, 1.82) is 0 Å². The smallest absolute Gasteiger partial charge is 0.145 e. The van der Waals surface area contributed by atoms with Gasteiger partial charge in [0.05, 0.1) is 17.6 Å². The molecule has 0 radical (unpaired) electrons. The van der Waals surface area contributed by atoms with Gasteiger partial charge in [-0.05, 0) is 59.6 Å². The highest BCUT2D eigenvalue weighted by molar-refractivity contribution is 9.10. The van der Waals surface area contributed by atoms with Crippen LogP contribution in [0.3, 0.4) is 0 Å². The van der Waals surface area contributed by atoms with Crippen molar-refractivity contribution in [1.82, 2.24) is 15.3 Å². The predicted molar refractivity (Wildman–Crippen MR) is 83.0 cm³/mol. The van der Waals surface area contributed by atoms with E-state index in [0.717, 1.165) is 28.0 Å². The average Bonchev–Trinajstić information content (AvgIpc) is 2.46. The summed E-state index contributed by atoms with van der Waals surface area (Å²) in [7, 11) is 3.59. The summed E-state index contributed by atoms with van der Waals surface area (Å²) in [6.07, 6.45) is 4.51. The molecule has 0 amide bonds. The Morgan fingerprint density at radius 3 is 2.55 bits per heavy atom. The minimum atomic E-state index is 0.0934. The first-order valence-corrected chi connectivity index (χ1v) is 7.21. The second-order valence-corrected chi connectivity index (χ2v) is 5.49. The Morgan fingerprint density at radius 1 is 1.30 bits per heavy atom. The van der Waals surface area contributed by atoms with Gasteiger partial charge in [0.15, 0.2) is 0 Å². The van der Waals surface area contributed by atoms with Gasteiger partial charge in [0.2, 0.25) is 0 Å². The number of methoxy groups -OCH3 is 1. The fourth-order valence-electron chi connectivity index (χ4n) is 1.98. The molecular formula is C15H18BrN3O. The summed E-state index contributed by atoms with van der Waals surface area (Å²) < 4.78 is 6.20. The van der Waals surface area contributed by atoms with Crippen LogP contribution in [0, 0.1) is 6.92 Å². The van der Waals surface area contributed by atoms with E-state index in [4.69, 9.17) is 4.74 Å². The number of aryl methyl sites for hydroxylation is 1. The Balaban J connectivity index is 2.17. The summed E-state index contributed by atoms with van der Waals surface area (Å²) in [5.41, 5.74) is 2.26. The lowest BCUT2D eigenvalue weighted by atomic mass is 10.1. The molecule has 1 aromatic carbocycles. The van der Waals surface area contributed by atoms with Gasteiger partial charge in [-0.3, -0.25) is 0 Å². The second kappa shape index (κ2) is 6.81. The molecule has 1 atom stereocenters. The molecule has 1 aromatic heterocycles. The average molecular weight is 336 g/mol. The normalized spacial score (nSPS) is 12.2. The van der Waals surface area contributed by atoms with E-state index in [0.29, 0.717) is 0 Å². The van der Waals surface area contributed by atoms with Crippen molar-refractivity contribution in [3.8, 4) is 5.75 Å². The summed E-state index contributed by atoms with van der Waals surface area (Å²) in [6.45, 7) is 1.98. The fraction of sp³-hybridized carbons (Fsp3) is 0.333. The maximum Gasteiger partial charge on any atom is 0.145 e. The molecule has 1 heterocycles. The van der Waals surface area contributed by atoms with Crippen molar-refractivity contribution in [2.45, 2.75) is 19.4 Å². The fourth-order valence-corrected chi connectivity index (χ4v) is 2.57. The Hall–Kier alpha value is -1.46. The van der Waals surface area contributed by atoms with Crippen molar-refractivity contribution >= 4 is 15.9 Å². The van der Waals surface area contributed by atoms with Crippen LogP contribution < -0.4 is 10.1 Å². The first-order valence-electron chi connectivity index (χ1n) is 6.42. The van der Waals surface area contributed by atoms with Gasteiger partial charge in [-0.15, -0.1) is 0 Å². The van der Waals surface area contributed by atoms with Gasteiger partial charge in [0.25, 0.3) is 0 Å². The zero-order valence-electron chi connectivity index (χ0n) is 11.9. The van der Waals surface area contributed by atoms with Crippen LogP contribution in [0.25, 0.3) is 0 Å². The molecule has 0 spiro atoms. The lowest BCUT2D eigenvalue weighted by Crippen LogP contribution is -2.21. The first kappa shape index (κ1) is 14.9. The van der Waals surface area contributed by atoms with Crippen molar-refractivity contribution < 1.29 is 4.74 Å². The molecule has 106 valence electrons. The monoisotopic (exact) mass is 335 g/mol. The number of ether oxygens (including phenoxy) is 1. The van der Waals surface area contributed by atoms with E-state index in [1.54, 1.807) is 7.11 Å². The van der Waals surface area contributed by atoms with Crippen molar-refractivity contribution in [3.63, 3.8) is 0 Å². The number of hydrogen-bond donors (Lipinski definition) is 1. The lowest BCUT2D eigenvalue weighted by Gasteiger charge is -2.15. The Kier molecular flexibility index (Phi) is 5.09. The third kappa shape index (κ3) is 3.55. The molecule has 0 aliphatic carbocycles. The van der Waals surface area contributed by atoms with Crippen LogP contribution >= 0.6 is 15.9 Å². The summed E-state index contributed by atoms with van der Waals surface area (Å²) in [5.74, 6) is 1.64. The summed E-state index contributed by atoms with van der Waals surface area (Å²) in [6, 6.07) is 6.18. The number of nitrogens with zero attached hydrogens (tertiary/aromatic N) is 2. The molecule has 0 saturated heterocycles. The highest BCUT2D eigenvalue weighted by Gasteiger charge is 2.13. The van der Waals surface area contributed by atoms with Gasteiger partial charge in [-0.25, -0.2) is 9.97 Å². The molecule has 0 aliphatic rings. The van der Waals surface area contributed by atoms with Crippen molar-refractivity contribution in [3.05, 3.63) is 52.0 Å². The third-order valence-corrected chi connectivity index (χ3v) is 3.74. The van der Waals surface area contributed by atoms with E-state index in [-0.39, 0.29) is 6.04 Å². The predicted octanol–water partition coefficient (Wildman–Crippen LogP) is 3.06. The molecule has 1 unspecified atom stereocenters. The van der Waals surface area contributed by atoms with Gasteiger partial charge in [0.1, 0.15) is 11.6 Å². The number of likely N-dealkylation sites (N-methyl/N-ethyl adjacent to an activating group) is 1. The number of halogens is 1. The molecule has 20 heavy (non-hydrogen) atoms. The van der Waals surface area contributed by atoms with Crippen LogP contribution in [0.4, 0.5) is 0 Å². The van der Waals surface area contributed by atoms with Crippen molar-refractivity contribution in [2.24, 2.45) is 0 Å². The lowest BCUT2D eigenvalue weighted by molar-refractivity contribution is 0.412. The number of nitrogens with one attached hydrogen (secondary N) is 1. The molecule has 0 aliphatic heterocycles. The summed E-state index contributed by atoms with van der Waals surface area (Å²) in [5, 5.41) is 3.26. The molecule has 2 rings (SSSR count). The zero-order chi connectivity index (χ0) is 14.5. The van der Waals surface area contributed by atoms with Crippen LogP contribution in [-0.4, -0.2) is 24.1 Å². The van der Waals surface area contributed by atoms with Gasteiger partial charge in [0, 0.05) is 12.4 Å². The van der Waals surface area contributed by atoms with Gasteiger partial charge < -0.3 is 10.1 Å². The Morgan fingerprint density at radius 2 is 2.00 bits per heavy atom. The van der Waals surface area contributed by atoms with Gasteiger partial charge in [-0.2, -0.15) is 0 Å². The summed E-state index contributed by atoms with van der Waals surface area (Å²) in [4.78, 5) is 8.78. The van der Waals surface area contributed by atoms with Crippen LogP contribution in [0.5, 0.6) is 5.75 Å². The van der Waals surface area contributed by atoms with Crippen LogP contribution in [0.2, 0.25) is 0 Å². The highest BCUT2D eigenvalue weighted by Crippen LogP contribution is 2.27. The maximum atomic E-state index is 5.24. The Labute approximate surface area is 127 Å². The van der Waals surface area contributed by atoms with E-state index in [1.807, 2.05) is 32.4 Å². The topological polar surface area (TPSA) is 47.0 Å². The minimum absolute atomic E-state index is 0.0934. The molecule has 4 nitrogen and oxygen atoms in total. The molecule has 5 heteroatoms. The van der Waals surface area contributed by atoms with Crippen molar-refractivity contribution in [2.75, 3.05) is 14.2 Å². The largest absolute Gasteiger partial charge is 0.496 e. The minimum Gasteiger partial charge on any atom is -0.496 e. The first-order chi connectivity index (χ1) is 9.63. The molecule has 0 saturated carbocycles. The number of hydrogen-bond acceptors (Lipinski definition) is 4. The van der Waals surface area contributed by atoms with Crippen LogP contribution in [0.15, 0.2) is 35.1 Å². The number of benzene rings is 1. The molecule has 1 N–H and O–H groups in total. The molecule has 2 aromatic rings. The Bertz CT molecular complexity index is 572. The molecule has 0 bridgehead atoms. The SMILES string of the molecule is CNC(Cc1ccc(OC)c(Br)c1)c1ncc(C)cn1. The highest BCUT2D eigenvalue weighted by atomic mass is 79.9. The van der Waals surface area contributed by atoms with Gasteiger partial charge in [-0.1, -0.05) is 6.07 Å². The zero-order valence-corrected chi connectivity index (χ0v) is 13.4. The molecule has 0 fully saturated rings. The summed E-state index contributed by atoms with van der Waals surface area (Å²) >= 11 is 3.51. The second-order valence-electron chi connectivity index (χ2n) is 4.63. The standard InChI is InChI=1S/C15H18BrN3O/c1-10-8-18-15(19-9-10)13(17-2)7-11-4-5-14(20-3)12(16)6-11/h4-6,8-9,13,17H,7H2,1-3H3. The van der Waals surface area contributed by atoms with E-state index < -0.39 is 0 Å². The van der Waals surface area contributed by atoms with Crippen LogP contribution in [-0.2, 0) is 6.42 Å². The van der Waals surface area contributed by atoms with Gasteiger partial charge >= 0.3 is 0 Å². The quantitative estimate of drug-likeness (QED) is 0.912. The number of aromatic nitrogens is 2.